The van der Waals surface area contributed by atoms with Crippen molar-refractivity contribution in [1.29, 1.82) is 0 Å². The van der Waals surface area contributed by atoms with Crippen molar-refractivity contribution in [3.8, 4) is 17.2 Å². The highest BCUT2D eigenvalue weighted by Gasteiger charge is 2.12. The Bertz CT molecular complexity index is 1680. The maximum atomic E-state index is 12.7. The zero-order valence-electron chi connectivity index (χ0n) is 22.1. The molecule has 5 rings (SSSR count). The molecule has 0 saturated carbocycles. The molecular weight excluding hydrogens is 648 g/mol. The van der Waals surface area contributed by atoms with Crippen LogP contribution in [0.4, 0.5) is 0 Å². The van der Waals surface area contributed by atoms with Gasteiger partial charge in [-0.15, -0.1) is 0 Å². The molecule has 0 saturated heterocycles. The summed E-state index contributed by atoms with van der Waals surface area (Å²) < 4.78 is 19.1. The van der Waals surface area contributed by atoms with Gasteiger partial charge in [-0.2, -0.15) is 5.10 Å². The van der Waals surface area contributed by atoms with Crippen molar-refractivity contribution in [1.82, 2.24) is 5.43 Å². The molecule has 1 N–H and O–H groups in total. The predicted octanol–water partition coefficient (Wildman–Crippen LogP) is 8.30. The molecule has 6 nitrogen and oxygen atoms in total. The van der Waals surface area contributed by atoms with Crippen LogP contribution in [0.3, 0.4) is 0 Å². The fraction of sp³-hybridized carbons (Fsp3) is 0.0909. The Balaban J connectivity index is 1.21. The number of fused-ring (bicyclic) bond motifs is 1. The van der Waals surface area contributed by atoms with Crippen LogP contribution in [-0.4, -0.2) is 19.2 Å². The number of nitrogens with one attached hydrogen (secondary N) is 1. The highest BCUT2D eigenvalue weighted by atomic mass is 79.9. The largest absolute Gasteiger partial charge is 0.493 e. The van der Waals surface area contributed by atoms with Crippen molar-refractivity contribution in [2.45, 2.75) is 13.2 Å². The topological polar surface area (TPSA) is 69.2 Å². The van der Waals surface area contributed by atoms with Gasteiger partial charge in [-0.1, -0.05) is 72.8 Å². The Hall–Kier alpha value is -4.14. The summed E-state index contributed by atoms with van der Waals surface area (Å²) in [5, 5.41) is 6.03. The molecule has 8 heteroatoms. The molecule has 0 radical (unpaired) electrons. The maximum absolute atomic E-state index is 12.7. The van der Waals surface area contributed by atoms with Gasteiger partial charge in [0.1, 0.15) is 19.0 Å². The molecule has 0 bridgehead atoms. The van der Waals surface area contributed by atoms with Crippen LogP contribution in [0.1, 0.15) is 27.0 Å². The molecular formula is C33H26Br2N2O4. The number of carbonyl (C=O) groups excluding carboxylic acids is 1. The third-order valence-corrected chi connectivity index (χ3v) is 7.46. The summed E-state index contributed by atoms with van der Waals surface area (Å²) in [6, 6.07) is 32.8. The van der Waals surface area contributed by atoms with Crippen molar-refractivity contribution in [2.24, 2.45) is 5.10 Å². The predicted molar refractivity (Wildman–Crippen MR) is 169 cm³/mol. The van der Waals surface area contributed by atoms with E-state index in [0.717, 1.165) is 36.4 Å². The van der Waals surface area contributed by atoms with Crippen LogP contribution in [-0.2, 0) is 13.2 Å². The van der Waals surface area contributed by atoms with E-state index in [2.05, 4.69) is 42.4 Å². The third-order valence-electron chi connectivity index (χ3n) is 6.28. The van der Waals surface area contributed by atoms with E-state index in [1.165, 1.54) is 0 Å². The van der Waals surface area contributed by atoms with Gasteiger partial charge in [0.15, 0.2) is 11.5 Å². The highest BCUT2D eigenvalue weighted by molar-refractivity contribution is 9.11. The minimum absolute atomic E-state index is 0.275. The lowest BCUT2D eigenvalue weighted by Crippen LogP contribution is -2.17. The number of carbonyl (C=O) groups is 1. The Morgan fingerprint density at radius 3 is 2.27 bits per heavy atom. The summed E-state index contributed by atoms with van der Waals surface area (Å²) in [4.78, 5) is 12.7. The summed E-state index contributed by atoms with van der Waals surface area (Å²) in [7, 11) is 1.62. The van der Waals surface area contributed by atoms with Gasteiger partial charge in [0.25, 0.3) is 5.91 Å². The van der Waals surface area contributed by atoms with Crippen LogP contribution >= 0.6 is 31.9 Å². The molecule has 41 heavy (non-hydrogen) atoms. The SMILES string of the molecule is COc1cc(COc2c(Br)cc(/C=N/NC(=O)c3cccc4ccccc34)cc2Br)ccc1OCc1ccccc1. The molecule has 0 atom stereocenters. The fourth-order valence-corrected chi connectivity index (χ4v) is 5.70. The van der Waals surface area contributed by atoms with Crippen LogP contribution in [0, 0.1) is 0 Å². The molecule has 0 aliphatic carbocycles. The molecule has 1 amide bonds. The van der Waals surface area contributed by atoms with E-state index in [9.17, 15) is 4.79 Å². The smallest absolute Gasteiger partial charge is 0.271 e. The Labute approximate surface area is 255 Å². The Morgan fingerprint density at radius 2 is 1.49 bits per heavy atom. The van der Waals surface area contributed by atoms with Gasteiger partial charge >= 0.3 is 0 Å². The molecule has 0 aromatic heterocycles. The van der Waals surface area contributed by atoms with Gasteiger partial charge in [-0.05, 0) is 89.7 Å². The number of halogens is 2. The highest BCUT2D eigenvalue weighted by Crippen LogP contribution is 2.36. The zero-order chi connectivity index (χ0) is 28.6. The first-order valence-corrected chi connectivity index (χ1v) is 14.4. The minimum atomic E-state index is -0.275. The van der Waals surface area contributed by atoms with Crippen molar-refractivity contribution < 1.29 is 19.0 Å². The van der Waals surface area contributed by atoms with Gasteiger partial charge in [0.2, 0.25) is 0 Å². The standard InChI is InChI=1S/C33H26Br2N2O4/c1-39-31-18-23(14-15-30(31)40-20-22-8-3-2-4-9-22)21-41-32-28(34)16-24(17-29(32)35)19-36-37-33(38)27-13-7-11-25-10-5-6-12-26(25)27/h2-19H,20-21H2,1H3,(H,37,38)/b36-19+. The number of benzene rings is 5. The van der Waals surface area contributed by atoms with Crippen LogP contribution in [0.5, 0.6) is 17.2 Å². The fourth-order valence-electron chi connectivity index (χ4n) is 4.25. The molecule has 0 unspecified atom stereocenters. The van der Waals surface area contributed by atoms with Crippen molar-refractivity contribution in [3.05, 3.63) is 134 Å². The van der Waals surface area contributed by atoms with Crippen LogP contribution in [0.25, 0.3) is 10.8 Å². The normalized spacial score (nSPS) is 11.0. The summed E-state index contributed by atoms with van der Waals surface area (Å²) in [5.41, 5.74) is 5.97. The lowest BCUT2D eigenvalue weighted by atomic mass is 10.0. The second kappa shape index (κ2) is 13.5. The third kappa shape index (κ3) is 7.14. The number of methoxy groups -OCH3 is 1. The molecule has 0 heterocycles. The van der Waals surface area contributed by atoms with Gasteiger partial charge in [0, 0.05) is 5.56 Å². The molecule has 0 aliphatic heterocycles. The number of rotatable bonds is 10. The van der Waals surface area contributed by atoms with Crippen molar-refractivity contribution >= 4 is 54.8 Å². The average Bonchev–Trinajstić information content (AvgIpc) is 3.00. The first kappa shape index (κ1) is 28.4. The Morgan fingerprint density at radius 1 is 0.780 bits per heavy atom. The van der Waals surface area contributed by atoms with E-state index in [4.69, 9.17) is 14.2 Å². The minimum Gasteiger partial charge on any atom is -0.493 e. The maximum Gasteiger partial charge on any atom is 0.271 e. The number of hydrazone groups is 1. The molecule has 5 aromatic carbocycles. The molecule has 0 fully saturated rings. The first-order valence-electron chi connectivity index (χ1n) is 12.8. The van der Waals surface area contributed by atoms with Crippen molar-refractivity contribution in [3.63, 3.8) is 0 Å². The van der Waals surface area contributed by atoms with E-state index in [1.54, 1.807) is 19.4 Å². The van der Waals surface area contributed by atoms with Crippen LogP contribution in [0.15, 0.2) is 117 Å². The quantitative estimate of drug-likeness (QED) is 0.120. The summed E-state index contributed by atoms with van der Waals surface area (Å²) in [6.45, 7) is 0.774. The molecule has 5 aromatic rings. The summed E-state index contributed by atoms with van der Waals surface area (Å²) in [5.74, 6) is 1.67. The number of ether oxygens (including phenoxy) is 3. The second-order valence-corrected chi connectivity index (χ2v) is 10.8. The lowest BCUT2D eigenvalue weighted by molar-refractivity contribution is 0.0957. The van der Waals surface area contributed by atoms with Gasteiger partial charge in [0.05, 0.1) is 22.3 Å². The number of amides is 1. The monoisotopic (exact) mass is 672 g/mol. The lowest BCUT2D eigenvalue weighted by Gasteiger charge is -2.14. The molecule has 206 valence electrons. The molecule has 0 aliphatic rings. The summed E-state index contributed by atoms with van der Waals surface area (Å²) >= 11 is 7.18. The van der Waals surface area contributed by atoms with Crippen molar-refractivity contribution in [2.75, 3.05) is 7.11 Å². The zero-order valence-corrected chi connectivity index (χ0v) is 25.3. The van der Waals surface area contributed by atoms with E-state index in [0.29, 0.717) is 36.0 Å². The van der Waals surface area contributed by atoms with E-state index in [-0.39, 0.29) is 5.91 Å². The van der Waals surface area contributed by atoms with Gasteiger partial charge in [-0.3, -0.25) is 4.79 Å². The first-order chi connectivity index (χ1) is 20.0. The van der Waals surface area contributed by atoms with E-state index in [1.807, 2.05) is 97.1 Å². The van der Waals surface area contributed by atoms with E-state index < -0.39 is 0 Å². The molecule has 0 spiro atoms. The van der Waals surface area contributed by atoms with Crippen LogP contribution in [0.2, 0.25) is 0 Å². The van der Waals surface area contributed by atoms with Gasteiger partial charge < -0.3 is 14.2 Å². The van der Waals surface area contributed by atoms with Crippen LogP contribution < -0.4 is 19.6 Å². The number of hydrogen-bond acceptors (Lipinski definition) is 5. The number of nitrogens with zero attached hydrogens (tertiary/aromatic N) is 1. The average molecular weight is 674 g/mol. The number of hydrogen-bond donors (Lipinski definition) is 1. The van der Waals surface area contributed by atoms with Gasteiger partial charge in [-0.25, -0.2) is 5.43 Å². The van der Waals surface area contributed by atoms with E-state index >= 15 is 0 Å². The Kier molecular flexibility index (Phi) is 9.33. The second-order valence-electron chi connectivity index (χ2n) is 9.09. The summed E-state index contributed by atoms with van der Waals surface area (Å²) in [6.07, 6.45) is 1.58.